The van der Waals surface area contributed by atoms with Crippen molar-refractivity contribution in [3.63, 3.8) is 0 Å². The molecule has 1 aliphatic carbocycles. The Morgan fingerprint density at radius 2 is 1.68 bits per heavy atom. The number of nitrogens with zero attached hydrogens (tertiary/aromatic N) is 4. The Morgan fingerprint density at radius 1 is 1.00 bits per heavy atom. The maximum absolute atomic E-state index is 13.6. The van der Waals surface area contributed by atoms with Gasteiger partial charge in [-0.1, -0.05) is 6.42 Å². The second kappa shape index (κ2) is 11.1. The molecule has 3 N–H and O–H groups in total. The molecule has 40 heavy (non-hydrogen) atoms. The minimum absolute atomic E-state index is 0.123. The predicted octanol–water partition coefficient (Wildman–Crippen LogP) is 3.78. The summed E-state index contributed by atoms with van der Waals surface area (Å²) >= 11 is 0. The summed E-state index contributed by atoms with van der Waals surface area (Å²) in [5, 5.41) is 11.9. The summed E-state index contributed by atoms with van der Waals surface area (Å²) in [4.78, 5) is 26.2. The molecule has 13 heteroatoms. The minimum Gasteiger partial charge on any atom is -0.395 e. The number of aliphatic hydroxyl groups is 1. The Balaban J connectivity index is 1.39. The molecule has 5 rings (SSSR count). The number of hydrogen-bond acceptors (Lipinski definition) is 8. The van der Waals surface area contributed by atoms with Crippen LogP contribution in [0.25, 0.3) is 0 Å². The average molecular weight is 579 g/mol. The smallest absolute Gasteiger partial charge is 0.258 e. The van der Waals surface area contributed by atoms with E-state index in [1.165, 1.54) is 25.3 Å². The molecule has 2 aromatic rings. The van der Waals surface area contributed by atoms with Gasteiger partial charge in [0.25, 0.3) is 11.8 Å². The van der Waals surface area contributed by atoms with Gasteiger partial charge in [-0.25, -0.2) is 22.2 Å². The van der Waals surface area contributed by atoms with E-state index >= 15 is 0 Å². The highest BCUT2D eigenvalue weighted by atomic mass is 32.2. The van der Waals surface area contributed by atoms with Crippen molar-refractivity contribution >= 4 is 39.1 Å². The van der Waals surface area contributed by atoms with E-state index in [9.17, 15) is 22.0 Å². The van der Waals surface area contributed by atoms with Gasteiger partial charge < -0.3 is 20.2 Å². The summed E-state index contributed by atoms with van der Waals surface area (Å²) in [5.41, 5.74) is 2.26. The Labute approximate surface area is 233 Å². The molecule has 2 saturated heterocycles. The van der Waals surface area contributed by atoms with Gasteiger partial charge in [0, 0.05) is 50.8 Å². The zero-order valence-electron chi connectivity index (χ0n) is 22.6. The van der Waals surface area contributed by atoms with Gasteiger partial charge in [-0.05, 0) is 56.2 Å². The van der Waals surface area contributed by atoms with Crippen molar-refractivity contribution in [1.82, 2.24) is 9.97 Å². The molecule has 1 amide bonds. The number of alkyl halides is 2. The molecule has 1 aromatic heterocycles. The highest BCUT2D eigenvalue weighted by molar-refractivity contribution is 7.92. The van der Waals surface area contributed by atoms with Crippen LogP contribution in [0.5, 0.6) is 0 Å². The van der Waals surface area contributed by atoms with Gasteiger partial charge in [0.15, 0.2) is 0 Å². The summed E-state index contributed by atoms with van der Waals surface area (Å²) < 4.78 is 54.4. The Bertz CT molecular complexity index is 1350. The minimum atomic E-state index is -3.74. The fourth-order valence-electron chi connectivity index (χ4n) is 5.77. The first-order valence-corrected chi connectivity index (χ1v) is 15.4. The number of benzene rings is 1. The van der Waals surface area contributed by atoms with Crippen molar-refractivity contribution in [1.29, 1.82) is 0 Å². The maximum atomic E-state index is 13.6. The molecule has 0 unspecified atom stereocenters. The van der Waals surface area contributed by atoms with Crippen LogP contribution in [0.3, 0.4) is 0 Å². The number of piperidine rings is 2. The molecule has 10 nitrogen and oxygen atoms in total. The fourth-order valence-corrected chi connectivity index (χ4v) is 6.60. The van der Waals surface area contributed by atoms with E-state index in [1.807, 2.05) is 0 Å². The van der Waals surface area contributed by atoms with E-state index in [4.69, 9.17) is 5.11 Å². The summed E-state index contributed by atoms with van der Waals surface area (Å²) in [6.45, 7) is 3.00. The molecule has 3 aliphatic rings. The molecule has 0 bridgehead atoms. The van der Waals surface area contributed by atoms with E-state index in [0.29, 0.717) is 34.0 Å². The Morgan fingerprint density at radius 3 is 2.30 bits per heavy atom. The van der Waals surface area contributed by atoms with E-state index in [1.54, 1.807) is 30.0 Å². The van der Waals surface area contributed by atoms with Gasteiger partial charge >= 0.3 is 0 Å². The zero-order chi connectivity index (χ0) is 28.5. The molecule has 2 aliphatic heterocycles. The van der Waals surface area contributed by atoms with Gasteiger partial charge in [0.2, 0.25) is 16.0 Å². The largest absolute Gasteiger partial charge is 0.395 e. The number of carbonyl (C=O) groups excluding carboxylic acids is 1. The number of nitrogens with one attached hydrogen (secondary N) is 2. The monoisotopic (exact) mass is 578 g/mol. The fraction of sp³-hybridized carbons (Fsp3) is 0.593. The number of aliphatic hydroxyl groups excluding tert-OH is 1. The van der Waals surface area contributed by atoms with Crippen molar-refractivity contribution in [3.05, 3.63) is 35.5 Å². The van der Waals surface area contributed by atoms with Gasteiger partial charge in [0.1, 0.15) is 5.82 Å². The van der Waals surface area contributed by atoms with Crippen molar-refractivity contribution < 1.29 is 27.1 Å². The normalized spacial score (nSPS) is 20.2. The van der Waals surface area contributed by atoms with Crippen LogP contribution in [0.15, 0.2) is 24.3 Å². The topological polar surface area (TPSA) is 128 Å². The number of carbonyl (C=O) groups is 1. The summed E-state index contributed by atoms with van der Waals surface area (Å²) in [6.07, 6.45) is 5.16. The first kappa shape index (κ1) is 28.5. The summed E-state index contributed by atoms with van der Waals surface area (Å²) in [5.74, 6) is -2.99. The third kappa shape index (κ3) is 6.46. The Hall–Kier alpha value is -3.06. The number of rotatable bonds is 8. The number of amides is 1. The quantitative estimate of drug-likeness (QED) is 0.432. The van der Waals surface area contributed by atoms with Crippen LogP contribution in [0.1, 0.15) is 61.0 Å². The molecular weight excluding hydrogens is 542 g/mol. The third-order valence-electron chi connectivity index (χ3n) is 8.32. The van der Waals surface area contributed by atoms with Crippen LogP contribution < -0.4 is 19.8 Å². The lowest BCUT2D eigenvalue weighted by Gasteiger charge is -2.48. The summed E-state index contributed by atoms with van der Waals surface area (Å²) in [7, 11) is -3.74. The first-order chi connectivity index (χ1) is 19.0. The number of sulfonamides is 1. The van der Waals surface area contributed by atoms with E-state index < -0.39 is 34.2 Å². The van der Waals surface area contributed by atoms with Crippen LogP contribution >= 0.6 is 0 Å². The second-order valence-electron chi connectivity index (χ2n) is 11.2. The zero-order valence-corrected chi connectivity index (χ0v) is 23.4. The lowest BCUT2D eigenvalue weighted by atomic mass is 9.63. The highest BCUT2D eigenvalue weighted by Crippen LogP contribution is 2.49. The van der Waals surface area contributed by atoms with Gasteiger partial charge in [-0.2, -0.15) is 4.98 Å². The predicted molar refractivity (Wildman–Crippen MR) is 150 cm³/mol. The van der Waals surface area contributed by atoms with E-state index in [2.05, 4.69) is 24.9 Å². The first-order valence-electron chi connectivity index (χ1n) is 13.8. The maximum Gasteiger partial charge on any atom is 0.258 e. The van der Waals surface area contributed by atoms with Crippen LogP contribution in [0.4, 0.5) is 31.9 Å². The molecule has 218 valence electrons. The molecule has 0 radical (unpaired) electrons. The van der Waals surface area contributed by atoms with Crippen LogP contribution in [0.2, 0.25) is 0 Å². The molecule has 3 fully saturated rings. The van der Waals surface area contributed by atoms with Crippen molar-refractivity contribution in [2.75, 3.05) is 58.4 Å². The van der Waals surface area contributed by atoms with Crippen molar-refractivity contribution in [3.8, 4) is 0 Å². The van der Waals surface area contributed by atoms with Gasteiger partial charge in [-0.3, -0.25) is 9.52 Å². The molecular formula is C27H36F2N6O4S. The second-order valence-corrected chi connectivity index (χ2v) is 13.1. The van der Waals surface area contributed by atoms with Crippen LogP contribution in [-0.2, 0) is 10.0 Å². The Kier molecular flexibility index (Phi) is 7.88. The standard InChI is InChI=1S/C27H36F2N6O4S/c1-19-17-23(32-25(30-19)35-13-9-27(28,29)10-14-35)31-24(37)21-4-3-20(33-40(38,39)16-15-36)18-22(21)34-11-7-26(8-12-34)5-2-6-26/h3-4,17-18,33,36H,2,5-16H2,1H3,(H,30,31,32,37). The number of aromatic nitrogens is 2. The molecule has 1 aromatic carbocycles. The lowest BCUT2D eigenvalue weighted by molar-refractivity contribution is -0.0222. The van der Waals surface area contributed by atoms with E-state index in [0.717, 1.165) is 25.9 Å². The van der Waals surface area contributed by atoms with Gasteiger partial charge in [0.05, 0.1) is 29.3 Å². The van der Waals surface area contributed by atoms with Gasteiger partial charge in [-0.15, -0.1) is 0 Å². The molecule has 3 heterocycles. The van der Waals surface area contributed by atoms with Crippen molar-refractivity contribution in [2.24, 2.45) is 5.41 Å². The number of halogens is 2. The average Bonchev–Trinajstić information content (AvgIpc) is 2.87. The van der Waals surface area contributed by atoms with E-state index in [-0.39, 0.29) is 31.7 Å². The molecule has 1 saturated carbocycles. The van der Waals surface area contributed by atoms with Crippen molar-refractivity contribution in [2.45, 2.75) is 57.8 Å². The number of aryl methyl sites for hydroxylation is 1. The van der Waals surface area contributed by atoms with Crippen LogP contribution in [0, 0.1) is 12.3 Å². The molecule has 1 spiro atoms. The highest BCUT2D eigenvalue weighted by Gasteiger charge is 2.40. The lowest BCUT2D eigenvalue weighted by Crippen LogP contribution is -2.44. The van der Waals surface area contributed by atoms with Crippen LogP contribution in [-0.4, -0.2) is 73.9 Å². The number of anilines is 4. The third-order valence-corrected chi connectivity index (χ3v) is 9.58. The number of hydrogen-bond donors (Lipinski definition) is 3. The summed E-state index contributed by atoms with van der Waals surface area (Å²) in [6, 6.07) is 6.39. The SMILES string of the molecule is Cc1cc(NC(=O)c2ccc(NS(=O)(=O)CCO)cc2N2CCC3(CCC3)CC2)nc(N2CCC(F)(F)CC2)n1. The molecule has 0 atom stereocenters.